The van der Waals surface area contributed by atoms with Crippen LogP contribution in [0.4, 0.5) is 0 Å². The second kappa shape index (κ2) is 1.37. The fourth-order valence-corrected chi connectivity index (χ4v) is 0.793. The highest BCUT2D eigenvalue weighted by Crippen LogP contribution is 2.17. The van der Waals surface area contributed by atoms with Crippen LogP contribution in [0.3, 0.4) is 0 Å². The van der Waals surface area contributed by atoms with E-state index in [1.54, 1.807) is 6.26 Å². The van der Waals surface area contributed by atoms with Crippen molar-refractivity contribution in [1.29, 1.82) is 0 Å². The summed E-state index contributed by atoms with van der Waals surface area (Å²) in [6.07, 6.45) is 1.59. The zero-order valence-electron chi connectivity index (χ0n) is 4.92. The maximum atomic E-state index is 4.91. The highest BCUT2D eigenvalue weighted by atomic mass is 16.5. The Labute approximate surface area is 51.2 Å². The van der Waals surface area contributed by atoms with Gasteiger partial charge in [-0.25, -0.2) is 0 Å². The van der Waals surface area contributed by atoms with Gasteiger partial charge in [0.2, 0.25) is 0 Å². The first-order valence-corrected chi connectivity index (χ1v) is 2.67. The van der Waals surface area contributed by atoms with Crippen LogP contribution in [-0.2, 0) is 0 Å². The molecule has 0 bridgehead atoms. The van der Waals surface area contributed by atoms with Gasteiger partial charge in [0.05, 0.1) is 17.3 Å². The van der Waals surface area contributed by atoms with E-state index in [1.165, 1.54) is 0 Å². The average Bonchev–Trinajstić information content (AvgIpc) is 2.35. The lowest BCUT2D eigenvalue weighted by molar-refractivity contribution is 0.384. The number of furan rings is 1. The predicted octanol–water partition coefficient (Wildman–Crippen LogP) is 1.73. The van der Waals surface area contributed by atoms with Gasteiger partial charge in [-0.3, -0.25) is 0 Å². The van der Waals surface area contributed by atoms with Crippen molar-refractivity contribution >= 4 is 11.2 Å². The van der Waals surface area contributed by atoms with Gasteiger partial charge >= 0.3 is 5.78 Å². The molecule has 0 aliphatic rings. The fraction of sp³-hybridized carbons (Fsp3) is 0.167. The fourth-order valence-electron chi connectivity index (χ4n) is 0.793. The third kappa shape index (κ3) is 0.483. The Morgan fingerprint density at radius 1 is 1.56 bits per heavy atom. The summed E-state index contributed by atoms with van der Waals surface area (Å²) in [4.78, 5) is 0. The van der Waals surface area contributed by atoms with Gasteiger partial charge in [0.25, 0.3) is 0 Å². The Morgan fingerprint density at radius 2 is 2.44 bits per heavy atom. The first kappa shape index (κ1) is 4.61. The van der Waals surface area contributed by atoms with Gasteiger partial charge in [-0.15, -0.1) is 0 Å². The van der Waals surface area contributed by atoms with Crippen molar-refractivity contribution < 1.29 is 8.94 Å². The van der Waals surface area contributed by atoms with Crippen LogP contribution in [0.25, 0.3) is 11.2 Å². The SMILES string of the molecule is Cc1noc2occc12. The smallest absolute Gasteiger partial charge is 0.323 e. The van der Waals surface area contributed by atoms with E-state index >= 15 is 0 Å². The van der Waals surface area contributed by atoms with Gasteiger partial charge in [-0.05, 0) is 13.0 Å². The summed E-state index contributed by atoms with van der Waals surface area (Å²) >= 11 is 0. The van der Waals surface area contributed by atoms with Crippen molar-refractivity contribution in [2.75, 3.05) is 0 Å². The first-order valence-electron chi connectivity index (χ1n) is 2.67. The zero-order chi connectivity index (χ0) is 6.27. The molecule has 0 N–H and O–H groups in total. The van der Waals surface area contributed by atoms with Crippen LogP contribution in [-0.4, -0.2) is 5.16 Å². The minimum absolute atomic E-state index is 0.507. The highest BCUT2D eigenvalue weighted by molar-refractivity contribution is 5.73. The van der Waals surface area contributed by atoms with Gasteiger partial charge in [-0.2, -0.15) is 0 Å². The van der Waals surface area contributed by atoms with Crippen LogP contribution >= 0.6 is 0 Å². The second-order valence-electron chi connectivity index (χ2n) is 1.89. The number of aryl methyl sites for hydroxylation is 1. The molecule has 0 spiro atoms. The van der Waals surface area contributed by atoms with Crippen LogP contribution in [0.5, 0.6) is 0 Å². The van der Waals surface area contributed by atoms with Crippen LogP contribution in [0.1, 0.15) is 5.69 Å². The summed E-state index contributed by atoms with van der Waals surface area (Å²) in [7, 11) is 0. The summed E-state index contributed by atoms with van der Waals surface area (Å²) in [6, 6.07) is 1.83. The molecule has 2 heterocycles. The Bertz CT molecular complexity index is 320. The van der Waals surface area contributed by atoms with E-state index in [0.29, 0.717) is 5.78 Å². The Morgan fingerprint density at radius 3 is 3.22 bits per heavy atom. The van der Waals surface area contributed by atoms with Crippen molar-refractivity contribution in [2.45, 2.75) is 6.92 Å². The van der Waals surface area contributed by atoms with Gasteiger partial charge in [0.1, 0.15) is 0 Å². The van der Waals surface area contributed by atoms with Crippen LogP contribution in [0.15, 0.2) is 21.3 Å². The normalized spacial score (nSPS) is 10.8. The first-order chi connectivity index (χ1) is 4.38. The standard InChI is InChI=1S/C6H5NO2/c1-4-5-2-3-8-6(5)9-7-4/h2-3H,1H3. The van der Waals surface area contributed by atoms with Crippen LogP contribution < -0.4 is 0 Å². The molecule has 0 aliphatic carbocycles. The Kier molecular flexibility index (Phi) is 0.704. The van der Waals surface area contributed by atoms with Crippen molar-refractivity contribution in [3.8, 4) is 0 Å². The van der Waals surface area contributed by atoms with Crippen LogP contribution in [0.2, 0.25) is 0 Å². The lowest BCUT2D eigenvalue weighted by Crippen LogP contribution is -1.63. The molecular weight excluding hydrogens is 118 g/mol. The summed E-state index contributed by atoms with van der Waals surface area (Å²) < 4.78 is 9.68. The molecule has 2 aromatic heterocycles. The lowest BCUT2D eigenvalue weighted by Gasteiger charge is -1.68. The molecule has 0 aromatic carbocycles. The molecule has 0 saturated carbocycles. The molecular formula is C6H5NO2. The molecule has 46 valence electrons. The van der Waals surface area contributed by atoms with Gasteiger partial charge in [-0.1, -0.05) is 5.16 Å². The van der Waals surface area contributed by atoms with E-state index in [2.05, 4.69) is 5.16 Å². The van der Waals surface area contributed by atoms with E-state index in [-0.39, 0.29) is 0 Å². The van der Waals surface area contributed by atoms with Gasteiger partial charge < -0.3 is 8.94 Å². The molecule has 0 amide bonds. The van der Waals surface area contributed by atoms with Gasteiger partial charge in [0.15, 0.2) is 0 Å². The molecule has 0 radical (unpaired) electrons. The molecule has 2 aromatic rings. The summed E-state index contributed by atoms with van der Waals surface area (Å²) in [6.45, 7) is 1.88. The number of aromatic nitrogens is 1. The predicted molar refractivity (Wildman–Crippen MR) is 31.0 cm³/mol. The molecule has 9 heavy (non-hydrogen) atoms. The number of hydrogen-bond acceptors (Lipinski definition) is 3. The largest absolute Gasteiger partial charge is 0.432 e. The molecule has 0 atom stereocenters. The lowest BCUT2D eigenvalue weighted by atomic mass is 10.3. The third-order valence-electron chi connectivity index (χ3n) is 1.28. The van der Waals surface area contributed by atoms with Crippen LogP contribution in [0, 0.1) is 6.92 Å². The molecule has 0 aliphatic heterocycles. The Hall–Kier alpha value is -1.25. The van der Waals surface area contributed by atoms with E-state index in [1.807, 2.05) is 13.0 Å². The number of fused-ring (bicyclic) bond motifs is 1. The van der Waals surface area contributed by atoms with Crippen molar-refractivity contribution in [3.63, 3.8) is 0 Å². The summed E-state index contributed by atoms with van der Waals surface area (Å²) in [5, 5.41) is 4.64. The molecule has 0 unspecified atom stereocenters. The summed E-state index contributed by atoms with van der Waals surface area (Å²) in [5.41, 5.74) is 0.874. The average molecular weight is 123 g/mol. The molecule has 2 rings (SSSR count). The van der Waals surface area contributed by atoms with Crippen molar-refractivity contribution in [2.24, 2.45) is 0 Å². The van der Waals surface area contributed by atoms with E-state index in [9.17, 15) is 0 Å². The topological polar surface area (TPSA) is 39.2 Å². The summed E-state index contributed by atoms with van der Waals surface area (Å²) in [5.74, 6) is 0.507. The van der Waals surface area contributed by atoms with E-state index in [0.717, 1.165) is 11.1 Å². The number of rotatable bonds is 0. The monoisotopic (exact) mass is 123 g/mol. The maximum absolute atomic E-state index is 4.91. The molecule has 0 fully saturated rings. The molecule has 3 heteroatoms. The van der Waals surface area contributed by atoms with Gasteiger partial charge in [0, 0.05) is 0 Å². The van der Waals surface area contributed by atoms with Crippen molar-refractivity contribution in [3.05, 3.63) is 18.0 Å². The van der Waals surface area contributed by atoms with Crippen molar-refractivity contribution in [1.82, 2.24) is 5.16 Å². The zero-order valence-corrected chi connectivity index (χ0v) is 4.92. The highest BCUT2D eigenvalue weighted by Gasteiger charge is 2.03. The third-order valence-corrected chi connectivity index (χ3v) is 1.28. The Balaban J connectivity index is 2.99. The van der Waals surface area contributed by atoms with E-state index < -0.39 is 0 Å². The number of nitrogens with zero attached hydrogens (tertiary/aromatic N) is 1. The molecule has 3 nitrogen and oxygen atoms in total. The quantitative estimate of drug-likeness (QED) is 0.535. The molecule has 0 saturated heterocycles. The minimum atomic E-state index is 0.507. The minimum Gasteiger partial charge on any atom is -0.432 e. The number of hydrogen-bond donors (Lipinski definition) is 0. The van der Waals surface area contributed by atoms with E-state index in [4.69, 9.17) is 8.94 Å². The second-order valence-corrected chi connectivity index (χ2v) is 1.89. The maximum Gasteiger partial charge on any atom is 0.323 e.